The molecule has 0 aliphatic heterocycles. The highest BCUT2D eigenvalue weighted by Crippen LogP contribution is 2.27. The number of amides is 1. The highest BCUT2D eigenvalue weighted by molar-refractivity contribution is 7.20. The number of nitrogens with zero attached hydrogens (tertiary/aromatic N) is 2. The number of carbonyl (C=O) groups excluding carboxylic acids is 1. The molecule has 2 N–H and O–H groups in total. The maximum Gasteiger partial charge on any atom is 0.305 e. The number of fused-ring (bicyclic) bond motifs is 1. The molecule has 21 heavy (non-hydrogen) atoms. The largest absolute Gasteiger partial charge is 0.481 e. The van der Waals surface area contributed by atoms with Gasteiger partial charge in [0.2, 0.25) is 0 Å². The first-order chi connectivity index (χ1) is 9.79. The zero-order valence-corrected chi connectivity index (χ0v) is 13.3. The lowest BCUT2D eigenvalue weighted by Gasteiger charge is -2.20. The molecule has 114 valence electrons. The Bertz CT molecular complexity index is 652. The summed E-state index contributed by atoms with van der Waals surface area (Å²) < 4.78 is 1.75. The van der Waals surface area contributed by atoms with Crippen LogP contribution in [-0.2, 0) is 11.8 Å². The van der Waals surface area contributed by atoms with Crippen molar-refractivity contribution in [3.05, 3.63) is 16.6 Å². The van der Waals surface area contributed by atoms with Crippen LogP contribution in [0.25, 0.3) is 10.2 Å². The lowest BCUT2D eigenvalue weighted by molar-refractivity contribution is -0.137. The van der Waals surface area contributed by atoms with Crippen LogP contribution in [0, 0.1) is 12.8 Å². The van der Waals surface area contributed by atoms with Crippen LogP contribution in [0.3, 0.4) is 0 Å². The summed E-state index contributed by atoms with van der Waals surface area (Å²) >= 11 is 1.37. The van der Waals surface area contributed by atoms with Crippen molar-refractivity contribution in [1.29, 1.82) is 0 Å². The molecular weight excluding hydrogens is 290 g/mol. The maximum atomic E-state index is 12.3. The van der Waals surface area contributed by atoms with E-state index in [1.807, 2.05) is 33.9 Å². The van der Waals surface area contributed by atoms with Gasteiger partial charge in [-0.05, 0) is 18.9 Å². The van der Waals surface area contributed by atoms with Crippen LogP contribution in [-0.4, -0.2) is 32.8 Å². The van der Waals surface area contributed by atoms with Gasteiger partial charge in [0, 0.05) is 18.5 Å². The summed E-state index contributed by atoms with van der Waals surface area (Å²) in [5.74, 6) is -1.08. The predicted octanol–water partition coefficient (Wildman–Crippen LogP) is 2.17. The molecule has 7 heteroatoms. The van der Waals surface area contributed by atoms with Crippen molar-refractivity contribution < 1.29 is 14.7 Å². The second-order valence-electron chi connectivity index (χ2n) is 5.46. The van der Waals surface area contributed by atoms with E-state index < -0.39 is 5.97 Å². The van der Waals surface area contributed by atoms with E-state index in [4.69, 9.17) is 5.11 Å². The van der Waals surface area contributed by atoms with Crippen molar-refractivity contribution in [3.8, 4) is 0 Å². The topological polar surface area (TPSA) is 84.2 Å². The monoisotopic (exact) mass is 309 g/mol. The Morgan fingerprint density at radius 2 is 2.14 bits per heavy atom. The minimum absolute atomic E-state index is 0.0582. The zero-order valence-electron chi connectivity index (χ0n) is 12.5. The Kier molecular flexibility index (Phi) is 4.32. The van der Waals surface area contributed by atoms with Crippen LogP contribution in [0.15, 0.2) is 6.07 Å². The van der Waals surface area contributed by atoms with Crippen LogP contribution in [0.5, 0.6) is 0 Å². The minimum atomic E-state index is -0.912. The normalized spacial score (nSPS) is 12.8. The minimum Gasteiger partial charge on any atom is -0.481 e. The van der Waals surface area contributed by atoms with E-state index in [1.54, 1.807) is 4.68 Å². The third kappa shape index (κ3) is 3.24. The van der Waals surface area contributed by atoms with Gasteiger partial charge in [-0.1, -0.05) is 13.8 Å². The molecule has 0 radical (unpaired) electrons. The molecule has 6 nitrogen and oxygen atoms in total. The van der Waals surface area contributed by atoms with Gasteiger partial charge in [0.1, 0.15) is 4.83 Å². The van der Waals surface area contributed by atoms with E-state index in [0.717, 1.165) is 15.9 Å². The molecule has 2 aromatic rings. The predicted molar refractivity (Wildman–Crippen MR) is 81.7 cm³/mol. The van der Waals surface area contributed by atoms with E-state index in [0.29, 0.717) is 4.88 Å². The molecule has 0 saturated heterocycles. The molecule has 0 bridgehead atoms. The molecule has 0 aliphatic rings. The summed E-state index contributed by atoms with van der Waals surface area (Å²) in [6, 6.07) is 1.44. The Labute approximate surface area is 126 Å². The van der Waals surface area contributed by atoms with E-state index in [2.05, 4.69) is 10.4 Å². The molecule has 0 aromatic carbocycles. The smallest absolute Gasteiger partial charge is 0.305 e. The first-order valence-corrected chi connectivity index (χ1v) is 7.57. The van der Waals surface area contributed by atoms with Gasteiger partial charge in [-0.25, -0.2) is 0 Å². The average molecular weight is 309 g/mol. The Morgan fingerprint density at radius 1 is 1.48 bits per heavy atom. The molecule has 0 spiro atoms. The van der Waals surface area contributed by atoms with Gasteiger partial charge in [0.05, 0.1) is 17.0 Å². The molecule has 1 unspecified atom stereocenters. The highest BCUT2D eigenvalue weighted by Gasteiger charge is 2.22. The molecule has 2 heterocycles. The number of aromatic nitrogens is 2. The molecule has 0 aliphatic carbocycles. The van der Waals surface area contributed by atoms with Crippen molar-refractivity contribution in [1.82, 2.24) is 15.1 Å². The van der Waals surface area contributed by atoms with Gasteiger partial charge in [-0.15, -0.1) is 11.3 Å². The second-order valence-corrected chi connectivity index (χ2v) is 6.49. The van der Waals surface area contributed by atoms with Crippen molar-refractivity contribution in [2.24, 2.45) is 13.0 Å². The van der Waals surface area contributed by atoms with Crippen molar-refractivity contribution in [2.75, 3.05) is 0 Å². The SMILES string of the molecule is Cc1nn(C)c2sc(C(=O)NC(CC(=O)O)C(C)C)cc12. The summed E-state index contributed by atoms with van der Waals surface area (Å²) in [4.78, 5) is 24.7. The standard InChI is InChI=1S/C14H19N3O3S/c1-7(2)10(6-12(18)19)15-13(20)11-5-9-8(3)16-17(4)14(9)21-11/h5,7,10H,6H2,1-4H3,(H,15,20)(H,18,19). The highest BCUT2D eigenvalue weighted by atomic mass is 32.1. The maximum absolute atomic E-state index is 12.3. The molecule has 0 saturated carbocycles. The van der Waals surface area contributed by atoms with E-state index in [1.165, 1.54) is 11.3 Å². The zero-order chi connectivity index (χ0) is 15.7. The number of aliphatic carboxylic acids is 1. The lowest BCUT2D eigenvalue weighted by atomic mass is 10.0. The average Bonchev–Trinajstić information content (AvgIpc) is 2.91. The number of aryl methyl sites for hydroxylation is 2. The van der Waals surface area contributed by atoms with Crippen LogP contribution in [0.2, 0.25) is 0 Å². The van der Waals surface area contributed by atoms with Crippen molar-refractivity contribution in [2.45, 2.75) is 33.2 Å². The molecular formula is C14H19N3O3S. The summed E-state index contributed by atoms with van der Waals surface area (Å²) in [7, 11) is 1.84. The third-order valence-corrected chi connectivity index (χ3v) is 4.64. The Balaban J connectivity index is 2.21. The fourth-order valence-electron chi connectivity index (χ4n) is 2.20. The van der Waals surface area contributed by atoms with Crippen molar-refractivity contribution in [3.63, 3.8) is 0 Å². The summed E-state index contributed by atoms with van der Waals surface area (Å²) in [5.41, 5.74) is 0.883. The fraction of sp³-hybridized carbons (Fsp3) is 0.500. The van der Waals surface area contributed by atoms with Crippen LogP contribution in [0.1, 0.15) is 35.6 Å². The Hall–Kier alpha value is -1.89. The van der Waals surface area contributed by atoms with E-state index in [-0.39, 0.29) is 24.3 Å². The van der Waals surface area contributed by atoms with Gasteiger partial charge in [0.15, 0.2) is 0 Å². The molecule has 1 amide bonds. The first kappa shape index (κ1) is 15.5. The molecule has 0 fully saturated rings. The van der Waals surface area contributed by atoms with Crippen molar-refractivity contribution >= 4 is 33.4 Å². The summed E-state index contributed by atoms with van der Waals surface area (Å²) in [6.45, 7) is 5.69. The molecule has 1 atom stereocenters. The number of nitrogens with one attached hydrogen (secondary N) is 1. The number of rotatable bonds is 5. The van der Waals surface area contributed by atoms with Gasteiger partial charge in [-0.2, -0.15) is 5.10 Å². The van der Waals surface area contributed by atoms with Gasteiger partial charge in [-0.3, -0.25) is 14.3 Å². The fourth-order valence-corrected chi connectivity index (χ4v) is 3.22. The number of thiophene rings is 1. The summed E-state index contributed by atoms with van der Waals surface area (Å²) in [6.07, 6.45) is -0.0745. The number of hydrogen-bond donors (Lipinski definition) is 2. The van der Waals surface area contributed by atoms with Gasteiger partial charge in [0.25, 0.3) is 5.91 Å². The van der Waals surface area contributed by atoms with Crippen LogP contribution in [0.4, 0.5) is 0 Å². The quantitative estimate of drug-likeness (QED) is 0.886. The van der Waals surface area contributed by atoms with Gasteiger partial charge < -0.3 is 10.4 Å². The Morgan fingerprint density at radius 3 is 2.67 bits per heavy atom. The second kappa shape index (κ2) is 5.85. The third-order valence-electron chi connectivity index (χ3n) is 3.44. The number of hydrogen-bond acceptors (Lipinski definition) is 4. The number of carboxylic acid groups (broad SMARTS) is 1. The molecule has 2 aromatic heterocycles. The number of carbonyl (C=O) groups is 2. The van der Waals surface area contributed by atoms with Gasteiger partial charge >= 0.3 is 5.97 Å². The first-order valence-electron chi connectivity index (χ1n) is 6.75. The van der Waals surface area contributed by atoms with E-state index >= 15 is 0 Å². The molecule has 2 rings (SSSR count). The van der Waals surface area contributed by atoms with Crippen LogP contribution >= 0.6 is 11.3 Å². The van der Waals surface area contributed by atoms with Crippen LogP contribution < -0.4 is 5.32 Å². The summed E-state index contributed by atoms with van der Waals surface area (Å²) in [5, 5.41) is 17.0. The van der Waals surface area contributed by atoms with E-state index in [9.17, 15) is 9.59 Å². The lowest BCUT2D eigenvalue weighted by Crippen LogP contribution is -2.39. The number of carboxylic acids is 1.